The molecule has 0 fully saturated rings. The molecule has 0 aliphatic heterocycles. The van der Waals surface area contributed by atoms with Crippen LogP contribution in [-0.2, 0) is 30.1 Å². The lowest BCUT2D eigenvalue weighted by atomic mass is 10.0. The van der Waals surface area contributed by atoms with Crippen molar-refractivity contribution >= 4 is 41.9 Å². The first kappa shape index (κ1) is 24.3. The summed E-state index contributed by atoms with van der Waals surface area (Å²) in [6.45, 7) is 0. The third kappa shape index (κ3) is 4.15. The van der Waals surface area contributed by atoms with Crippen LogP contribution in [0.3, 0.4) is 0 Å². The largest absolute Gasteiger partial charge is 0.456 e. The summed E-state index contributed by atoms with van der Waals surface area (Å²) in [5.41, 5.74) is 0.853. The lowest BCUT2D eigenvalue weighted by molar-refractivity contribution is 0.510. The molecule has 0 spiro atoms. The van der Waals surface area contributed by atoms with Crippen LogP contribution in [0.4, 0.5) is 0 Å². The van der Waals surface area contributed by atoms with E-state index in [9.17, 15) is 13.2 Å². The quantitative estimate of drug-likeness (QED) is 0.199. The third-order valence-corrected chi connectivity index (χ3v) is 11.7. The number of allylic oxidation sites excluding steroid dienone is 1. The summed E-state index contributed by atoms with van der Waals surface area (Å²) in [5.74, 6) is 0.470. The zero-order valence-electron chi connectivity index (χ0n) is 20.2. The van der Waals surface area contributed by atoms with Crippen molar-refractivity contribution in [3.05, 3.63) is 143 Å². The lowest BCUT2D eigenvalue weighted by Crippen LogP contribution is -2.32. The minimum absolute atomic E-state index is 0.0648. The molecule has 5 aromatic rings. The van der Waals surface area contributed by atoms with Crippen LogP contribution in [0.5, 0.6) is 0 Å². The molecule has 0 saturated heterocycles. The second kappa shape index (κ2) is 9.68. The zero-order chi connectivity index (χ0) is 26.2. The number of fused-ring (bicyclic) bond motifs is 2. The van der Waals surface area contributed by atoms with Gasteiger partial charge in [0, 0.05) is 6.42 Å². The van der Waals surface area contributed by atoms with Crippen LogP contribution in [0.2, 0.25) is 0 Å². The Balaban J connectivity index is 1.68. The van der Waals surface area contributed by atoms with Gasteiger partial charge in [-0.05, 0) is 60.7 Å². The van der Waals surface area contributed by atoms with E-state index in [0.29, 0.717) is 36.9 Å². The van der Waals surface area contributed by atoms with E-state index in [1.807, 2.05) is 72.8 Å². The lowest BCUT2D eigenvalue weighted by Gasteiger charge is -2.23. The highest BCUT2D eigenvalue weighted by Crippen LogP contribution is 2.38. The van der Waals surface area contributed by atoms with E-state index >= 15 is 0 Å². The predicted octanol–water partition coefficient (Wildman–Crippen LogP) is 6.13. The van der Waals surface area contributed by atoms with Crippen LogP contribution in [-0.4, -0.2) is 13.3 Å². The molecule has 1 aliphatic rings. The van der Waals surface area contributed by atoms with Crippen molar-refractivity contribution in [3.8, 4) is 0 Å². The van der Waals surface area contributed by atoms with Gasteiger partial charge in [-0.3, -0.25) is 4.79 Å². The van der Waals surface area contributed by atoms with Crippen molar-refractivity contribution in [3.63, 3.8) is 0 Å². The Labute approximate surface area is 221 Å². The summed E-state index contributed by atoms with van der Waals surface area (Å²) >= 11 is 0. The van der Waals surface area contributed by atoms with E-state index in [2.05, 4.69) is 0 Å². The van der Waals surface area contributed by atoms with E-state index < -0.39 is 20.0 Å². The molecule has 188 valence electrons. The Bertz CT molecular complexity index is 1850. The van der Waals surface area contributed by atoms with Gasteiger partial charge in [0.2, 0.25) is 0 Å². The molecule has 0 N–H and O–H groups in total. The first-order valence-electron chi connectivity index (χ1n) is 12.0. The van der Waals surface area contributed by atoms with Gasteiger partial charge in [0.1, 0.15) is 26.1 Å². The SMILES string of the molecule is O=c1c2c(oc3ccccc13)C=CC(=[S+](OS(=O)(=O)c1ccccc1)(c1ccccc1)c1ccccc1)C2. The molecule has 5 nitrogen and oxygen atoms in total. The number of benzene rings is 4. The number of hydrogen-bond acceptors (Lipinski definition) is 5. The number of hydrogen-bond donors (Lipinski definition) is 0. The Morgan fingerprint density at radius 1 is 0.684 bits per heavy atom. The van der Waals surface area contributed by atoms with E-state index in [1.165, 1.54) is 12.1 Å². The molecule has 0 radical (unpaired) electrons. The first-order valence-corrected chi connectivity index (χ1v) is 15.0. The third-order valence-electron chi connectivity index (χ3n) is 6.44. The molecule has 4 aromatic carbocycles. The molecule has 0 atom stereocenters. The molecule has 6 rings (SSSR count). The average Bonchev–Trinajstić information content (AvgIpc) is 2.97. The highest BCUT2D eigenvalue weighted by Gasteiger charge is 2.43. The molecule has 0 amide bonds. The number of rotatable bonds is 5. The molecule has 7 heteroatoms. The maximum Gasteiger partial charge on any atom is 0.336 e. The van der Waals surface area contributed by atoms with Crippen LogP contribution in [0.1, 0.15) is 11.3 Å². The van der Waals surface area contributed by atoms with Gasteiger partial charge in [0.15, 0.2) is 15.2 Å². The Morgan fingerprint density at radius 3 is 1.87 bits per heavy atom. The van der Waals surface area contributed by atoms with Crippen molar-refractivity contribution in [1.82, 2.24) is 0 Å². The van der Waals surface area contributed by atoms with Gasteiger partial charge in [-0.15, -0.1) is 0 Å². The summed E-state index contributed by atoms with van der Waals surface area (Å²) in [6.07, 6.45) is 3.77. The van der Waals surface area contributed by atoms with Crippen LogP contribution in [0.25, 0.3) is 17.0 Å². The molecular formula is C31H23O5S2+. The second-order valence-corrected chi connectivity index (χ2v) is 13.3. The Hall–Kier alpha value is -4.04. The van der Waals surface area contributed by atoms with Gasteiger partial charge in [-0.25, -0.2) is 0 Å². The highest BCUT2D eigenvalue weighted by atomic mass is 32.3. The van der Waals surface area contributed by atoms with Gasteiger partial charge >= 0.3 is 10.1 Å². The number of para-hydroxylation sites is 1. The fraction of sp³-hybridized carbons (Fsp3) is 0.0323. The predicted molar refractivity (Wildman–Crippen MR) is 152 cm³/mol. The minimum Gasteiger partial charge on any atom is -0.456 e. The van der Waals surface area contributed by atoms with Gasteiger partial charge in [-0.1, -0.05) is 70.4 Å². The average molecular weight is 540 g/mol. The maximum absolute atomic E-state index is 13.8. The van der Waals surface area contributed by atoms with Crippen LogP contribution in [0.15, 0.2) is 145 Å². The minimum atomic E-state index is -4.20. The zero-order valence-corrected chi connectivity index (χ0v) is 21.8. The molecule has 1 heterocycles. The molecule has 1 aromatic heterocycles. The van der Waals surface area contributed by atoms with Crippen molar-refractivity contribution < 1.29 is 16.5 Å². The van der Waals surface area contributed by atoms with Crippen LogP contribution < -0.4 is 5.43 Å². The van der Waals surface area contributed by atoms with E-state index in [0.717, 1.165) is 0 Å². The van der Waals surface area contributed by atoms with Gasteiger partial charge < -0.3 is 4.42 Å². The standard InChI is InChI=1S/C31H23O5S2/c32-31-27-18-10-11-19-29(27)35-30-21-20-26(22-28(30)31)37(23-12-4-1-5-13-23,24-14-6-2-7-15-24)36-38(33,34)25-16-8-3-9-17-25/h1-21H,22H2/q+1. The monoisotopic (exact) mass is 539 g/mol. The van der Waals surface area contributed by atoms with Crippen molar-refractivity contribution in [2.24, 2.45) is 0 Å². The van der Waals surface area contributed by atoms with E-state index in [-0.39, 0.29) is 16.7 Å². The fourth-order valence-electron chi connectivity index (χ4n) is 4.65. The summed E-state index contributed by atoms with van der Waals surface area (Å²) in [7, 11) is -7.02. The first-order chi connectivity index (χ1) is 18.5. The molecule has 0 bridgehead atoms. The fourth-order valence-corrected chi connectivity index (χ4v) is 10.1. The molecule has 0 unspecified atom stereocenters. The van der Waals surface area contributed by atoms with Crippen molar-refractivity contribution in [1.29, 1.82) is 0 Å². The smallest absolute Gasteiger partial charge is 0.336 e. The Kier molecular flexibility index (Phi) is 6.19. The van der Waals surface area contributed by atoms with Gasteiger partial charge in [-0.2, -0.15) is 8.42 Å². The van der Waals surface area contributed by atoms with Gasteiger partial charge in [0.05, 0.1) is 15.8 Å². The summed E-state index contributed by atoms with van der Waals surface area (Å²) in [6, 6.07) is 34.0. The van der Waals surface area contributed by atoms with Crippen LogP contribution in [0, 0.1) is 0 Å². The van der Waals surface area contributed by atoms with E-state index in [4.69, 9.17) is 8.05 Å². The summed E-state index contributed by atoms with van der Waals surface area (Å²) < 4.78 is 40.1. The second-order valence-electron chi connectivity index (χ2n) is 8.76. The Morgan fingerprint density at radius 2 is 1.24 bits per heavy atom. The summed E-state index contributed by atoms with van der Waals surface area (Å²) in [5, 5.41) is 0.485. The van der Waals surface area contributed by atoms with Crippen LogP contribution >= 0.6 is 0 Å². The maximum atomic E-state index is 13.8. The van der Waals surface area contributed by atoms with Crippen molar-refractivity contribution in [2.75, 3.05) is 0 Å². The molecular weight excluding hydrogens is 516 g/mol. The molecule has 38 heavy (non-hydrogen) atoms. The topological polar surface area (TPSA) is 73.6 Å². The van der Waals surface area contributed by atoms with Crippen molar-refractivity contribution in [2.45, 2.75) is 21.1 Å². The molecule has 0 saturated carbocycles. The van der Waals surface area contributed by atoms with Gasteiger partial charge in [0.25, 0.3) is 0 Å². The molecule has 1 aliphatic carbocycles. The highest BCUT2D eigenvalue weighted by molar-refractivity contribution is 8.14. The van der Waals surface area contributed by atoms with E-state index in [1.54, 1.807) is 42.5 Å². The summed E-state index contributed by atoms with van der Waals surface area (Å²) in [4.78, 5) is 15.7. The normalized spacial score (nSPS) is 13.4.